The zero-order valence-corrected chi connectivity index (χ0v) is 15.6. The minimum Gasteiger partial charge on any atom is -0.463 e. The van der Waals surface area contributed by atoms with Crippen molar-refractivity contribution in [2.24, 2.45) is 0 Å². The molecule has 0 atom stereocenters. The molecule has 0 aromatic rings. The summed E-state index contributed by atoms with van der Waals surface area (Å²) in [5.74, 6) is -0.738. The van der Waals surface area contributed by atoms with Crippen molar-refractivity contribution in [2.75, 3.05) is 13.2 Å². The average Bonchev–Trinajstić information content (AvgIpc) is 2.44. The number of rotatable bonds is 11. The van der Waals surface area contributed by atoms with E-state index in [0.29, 0.717) is 6.42 Å². The summed E-state index contributed by atoms with van der Waals surface area (Å²) >= 11 is 10.9. The van der Waals surface area contributed by atoms with E-state index in [1.165, 1.54) is 11.1 Å². The molecule has 0 saturated heterocycles. The van der Waals surface area contributed by atoms with E-state index in [1.807, 2.05) is 13.0 Å². The number of hydrogen-bond donors (Lipinski definition) is 0. The number of carbonyl (C=O) groups excluding carboxylic acids is 2. The van der Waals surface area contributed by atoms with Gasteiger partial charge < -0.3 is 9.47 Å². The lowest BCUT2D eigenvalue weighted by Gasteiger charge is -2.05. The second-order valence-electron chi connectivity index (χ2n) is 5.48. The van der Waals surface area contributed by atoms with Crippen LogP contribution in [0, 0.1) is 0 Å². The van der Waals surface area contributed by atoms with Gasteiger partial charge in [0.05, 0.1) is 0 Å². The first kappa shape index (κ1) is 22.0. The first-order chi connectivity index (χ1) is 10.8. The van der Waals surface area contributed by atoms with Crippen molar-refractivity contribution in [1.82, 2.24) is 0 Å². The maximum absolute atomic E-state index is 11.5. The third-order valence-corrected chi connectivity index (χ3v) is 3.15. The van der Waals surface area contributed by atoms with Crippen LogP contribution in [0.15, 0.2) is 23.3 Å². The van der Waals surface area contributed by atoms with Crippen LogP contribution in [-0.4, -0.2) is 30.0 Å². The Balaban J connectivity index is 3.74. The van der Waals surface area contributed by atoms with Crippen LogP contribution in [-0.2, 0) is 19.1 Å². The highest BCUT2D eigenvalue weighted by molar-refractivity contribution is 6.44. The van der Waals surface area contributed by atoms with Crippen molar-refractivity contribution in [3.63, 3.8) is 0 Å². The molecule has 132 valence electrons. The third kappa shape index (κ3) is 15.7. The van der Waals surface area contributed by atoms with Gasteiger partial charge in [0.15, 0.2) is 0 Å². The first-order valence-electron chi connectivity index (χ1n) is 7.69. The first-order valence-corrected chi connectivity index (χ1v) is 8.57. The number of ether oxygens (including phenoxy) is 2. The Morgan fingerprint density at radius 1 is 0.957 bits per heavy atom. The van der Waals surface area contributed by atoms with Crippen LogP contribution in [0.1, 0.15) is 52.9 Å². The second kappa shape index (κ2) is 13.4. The molecule has 0 aromatic heterocycles. The molecule has 0 saturated carbocycles. The van der Waals surface area contributed by atoms with Gasteiger partial charge in [-0.2, -0.15) is 0 Å². The number of alkyl halides is 2. The smallest absolute Gasteiger partial charge is 0.306 e. The largest absolute Gasteiger partial charge is 0.463 e. The minimum absolute atomic E-state index is 0.0385. The second-order valence-corrected chi connectivity index (χ2v) is 6.76. The minimum atomic E-state index is -0.726. The van der Waals surface area contributed by atoms with E-state index in [1.54, 1.807) is 0 Å². The van der Waals surface area contributed by atoms with Gasteiger partial charge in [0.1, 0.15) is 18.1 Å². The molecular formula is C17H26Cl2O4. The molecule has 0 amide bonds. The number of esters is 2. The standard InChI is InChI=1S/C17H26Cl2O4/c1-13(2)6-4-7-14(3)10-11-22-16(20)8-5-9-17(21)23-12-15(18)19/h6,10,15H,4-5,7-9,11-12H2,1-3H3/b14-10-. The van der Waals surface area contributed by atoms with Crippen LogP contribution in [0.2, 0.25) is 0 Å². The van der Waals surface area contributed by atoms with Gasteiger partial charge in [-0.1, -0.05) is 17.2 Å². The molecule has 0 fully saturated rings. The fourth-order valence-electron chi connectivity index (χ4n) is 1.64. The number of carbonyl (C=O) groups is 2. The highest BCUT2D eigenvalue weighted by atomic mass is 35.5. The van der Waals surface area contributed by atoms with Crippen LogP contribution in [0.25, 0.3) is 0 Å². The zero-order valence-electron chi connectivity index (χ0n) is 14.1. The van der Waals surface area contributed by atoms with Crippen LogP contribution in [0.5, 0.6) is 0 Å². The van der Waals surface area contributed by atoms with E-state index in [4.69, 9.17) is 32.7 Å². The topological polar surface area (TPSA) is 52.6 Å². The quantitative estimate of drug-likeness (QED) is 0.302. The summed E-state index contributed by atoms with van der Waals surface area (Å²) in [7, 11) is 0. The van der Waals surface area contributed by atoms with Crippen molar-refractivity contribution in [2.45, 2.75) is 57.7 Å². The Labute approximate surface area is 148 Å². The van der Waals surface area contributed by atoms with E-state index < -0.39 is 10.8 Å². The molecule has 0 heterocycles. The fraction of sp³-hybridized carbons (Fsp3) is 0.647. The third-order valence-electron chi connectivity index (χ3n) is 2.90. The van der Waals surface area contributed by atoms with Crippen LogP contribution in [0.3, 0.4) is 0 Å². The highest BCUT2D eigenvalue weighted by Crippen LogP contribution is 2.07. The van der Waals surface area contributed by atoms with Gasteiger partial charge in [-0.3, -0.25) is 9.59 Å². The maximum Gasteiger partial charge on any atom is 0.306 e. The van der Waals surface area contributed by atoms with E-state index in [2.05, 4.69) is 19.9 Å². The van der Waals surface area contributed by atoms with Crippen LogP contribution in [0.4, 0.5) is 0 Å². The Morgan fingerprint density at radius 3 is 2.13 bits per heavy atom. The van der Waals surface area contributed by atoms with Crippen molar-refractivity contribution < 1.29 is 19.1 Å². The van der Waals surface area contributed by atoms with E-state index in [-0.39, 0.29) is 32.0 Å². The van der Waals surface area contributed by atoms with Crippen molar-refractivity contribution in [3.05, 3.63) is 23.3 Å². The molecule has 0 bridgehead atoms. The van der Waals surface area contributed by atoms with Crippen LogP contribution < -0.4 is 0 Å². The van der Waals surface area contributed by atoms with Gasteiger partial charge in [0, 0.05) is 12.8 Å². The Kier molecular flexibility index (Phi) is 12.9. The van der Waals surface area contributed by atoms with Crippen LogP contribution >= 0.6 is 23.2 Å². The molecule has 0 unspecified atom stereocenters. The van der Waals surface area contributed by atoms with E-state index >= 15 is 0 Å². The molecule has 6 heteroatoms. The van der Waals surface area contributed by atoms with Gasteiger partial charge in [0.2, 0.25) is 0 Å². The molecule has 0 aliphatic carbocycles. The van der Waals surface area contributed by atoms with Gasteiger partial charge in [0.25, 0.3) is 0 Å². The summed E-state index contributed by atoms with van der Waals surface area (Å²) in [5, 5.41) is 0. The summed E-state index contributed by atoms with van der Waals surface area (Å²) in [6.07, 6.45) is 6.75. The zero-order chi connectivity index (χ0) is 17.7. The molecule has 0 radical (unpaired) electrons. The highest BCUT2D eigenvalue weighted by Gasteiger charge is 2.08. The number of hydrogen-bond acceptors (Lipinski definition) is 4. The van der Waals surface area contributed by atoms with E-state index in [0.717, 1.165) is 12.8 Å². The maximum atomic E-state index is 11.5. The summed E-state index contributed by atoms with van der Waals surface area (Å²) in [4.78, 5) is 22.1. The van der Waals surface area contributed by atoms with E-state index in [9.17, 15) is 9.59 Å². The molecule has 4 nitrogen and oxygen atoms in total. The summed E-state index contributed by atoms with van der Waals surface area (Å²) < 4.78 is 9.88. The number of allylic oxidation sites excluding steroid dienone is 3. The molecule has 0 aliphatic rings. The Bertz CT molecular complexity index is 424. The molecule has 0 aromatic carbocycles. The van der Waals surface area contributed by atoms with Crippen molar-refractivity contribution in [1.29, 1.82) is 0 Å². The predicted molar refractivity (Wildman–Crippen MR) is 93.7 cm³/mol. The molecule has 0 N–H and O–H groups in total. The van der Waals surface area contributed by atoms with Gasteiger partial charge in [-0.05, 0) is 46.1 Å². The predicted octanol–water partition coefficient (Wildman–Crippen LogP) is 4.74. The molecule has 0 rings (SSSR count). The lowest BCUT2D eigenvalue weighted by Crippen LogP contribution is -2.11. The van der Waals surface area contributed by atoms with Gasteiger partial charge in [-0.15, -0.1) is 23.2 Å². The summed E-state index contributed by atoms with van der Waals surface area (Å²) in [6, 6.07) is 0. The summed E-state index contributed by atoms with van der Waals surface area (Å²) in [6.45, 7) is 6.39. The van der Waals surface area contributed by atoms with Gasteiger partial charge in [-0.25, -0.2) is 0 Å². The normalized spacial score (nSPS) is 11.3. The lowest BCUT2D eigenvalue weighted by atomic mass is 10.1. The molecular weight excluding hydrogens is 339 g/mol. The van der Waals surface area contributed by atoms with Gasteiger partial charge >= 0.3 is 11.9 Å². The van der Waals surface area contributed by atoms with Crippen molar-refractivity contribution in [3.8, 4) is 0 Å². The SMILES string of the molecule is CC(C)=CCC/C(C)=C\COC(=O)CCCC(=O)OCC(Cl)Cl. The van der Waals surface area contributed by atoms with Crippen molar-refractivity contribution >= 4 is 35.1 Å². The number of halogens is 2. The fourth-order valence-corrected chi connectivity index (χ4v) is 1.77. The molecule has 23 heavy (non-hydrogen) atoms. The monoisotopic (exact) mass is 364 g/mol. The summed E-state index contributed by atoms with van der Waals surface area (Å²) in [5.41, 5.74) is 2.49. The Morgan fingerprint density at radius 2 is 1.57 bits per heavy atom. The molecule has 0 aliphatic heterocycles. The lowest BCUT2D eigenvalue weighted by molar-refractivity contribution is -0.144. The molecule has 0 spiro atoms. The Hall–Kier alpha value is -1.00. The average molecular weight is 365 g/mol.